The van der Waals surface area contributed by atoms with Crippen LogP contribution in [0.4, 0.5) is 0 Å². The number of furan rings is 1. The summed E-state index contributed by atoms with van der Waals surface area (Å²) in [4.78, 5) is 23.4. The molecule has 0 N–H and O–H groups in total. The Bertz CT molecular complexity index is 2760. The van der Waals surface area contributed by atoms with Gasteiger partial charge in [-0.1, -0.05) is 49.7 Å². The minimum Gasteiger partial charge on any atom is 0 e. The van der Waals surface area contributed by atoms with Gasteiger partial charge in [0.15, 0.2) is 0 Å². The van der Waals surface area contributed by atoms with Crippen LogP contribution in [0.15, 0.2) is 132 Å². The van der Waals surface area contributed by atoms with Crippen LogP contribution in [0.5, 0.6) is 0 Å². The second kappa shape index (κ2) is 16.4. The zero-order chi connectivity index (χ0) is 38.1. The van der Waals surface area contributed by atoms with Crippen LogP contribution in [0.1, 0.15) is 36.7 Å². The van der Waals surface area contributed by atoms with Crippen LogP contribution in [0.25, 0.3) is 67.0 Å². The first-order chi connectivity index (χ1) is 26.6. The van der Waals surface area contributed by atoms with Crippen molar-refractivity contribution < 1.29 is 24.5 Å². The van der Waals surface area contributed by atoms with E-state index in [-0.39, 0.29) is 20.1 Å². The third kappa shape index (κ3) is 8.14. The van der Waals surface area contributed by atoms with Gasteiger partial charge < -0.3 is 14.0 Å². The molecule has 6 aromatic heterocycles. The molecule has 0 saturated carbocycles. The van der Waals surface area contributed by atoms with E-state index in [0.29, 0.717) is 23.9 Å². The molecule has 0 amide bonds. The van der Waals surface area contributed by atoms with E-state index in [1.54, 1.807) is 0 Å². The molecule has 56 heavy (non-hydrogen) atoms. The Labute approximate surface area is 344 Å². The monoisotopic (exact) mass is 973 g/mol. The minimum absolute atomic E-state index is 0. The number of pyridine rings is 4. The molecular formula is C47H42GeIrN6O-2. The van der Waals surface area contributed by atoms with Crippen molar-refractivity contribution in [2.75, 3.05) is 0 Å². The van der Waals surface area contributed by atoms with Crippen molar-refractivity contribution in [1.82, 2.24) is 29.5 Å². The van der Waals surface area contributed by atoms with Crippen LogP contribution in [0, 0.1) is 19.2 Å². The first-order valence-corrected chi connectivity index (χ1v) is 26.0. The van der Waals surface area contributed by atoms with Gasteiger partial charge in [-0.15, -0.1) is 6.07 Å². The third-order valence-electron chi connectivity index (χ3n) is 9.73. The summed E-state index contributed by atoms with van der Waals surface area (Å²) in [6, 6.07) is 42.7. The summed E-state index contributed by atoms with van der Waals surface area (Å²) >= 11 is -1.99. The topological polar surface area (TPSA) is 82.5 Å². The van der Waals surface area contributed by atoms with Crippen molar-refractivity contribution in [3.8, 4) is 33.8 Å². The van der Waals surface area contributed by atoms with Gasteiger partial charge in [0.05, 0.1) is 23.1 Å². The van der Waals surface area contributed by atoms with E-state index in [9.17, 15) is 0 Å². The Hall–Kier alpha value is -5.28. The Balaban J connectivity index is 0.000000183. The fourth-order valence-electron chi connectivity index (χ4n) is 6.80. The number of nitrogens with zero attached hydrogens (tertiary/aromatic N) is 6. The molecule has 0 unspecified atom stereocenters. The van der Waals surface area contributed by atoms with Gasteiger partial charge in [0.2, 0.25) is 5.71 Å². The molecule has 0 aliphatic heterocycles. The Kier molecular flexibility index (Phi) is 11.4. The van der Waals surface area contributed by atoms with E-state index in [2.05, 4.69) is 137 Å². The Morgan fingerprint density at radius 2 is 1.50 bits per heavy atom. The van der Waals surface area contributed by atoms with Gasteiger partial charge in [0, 0.05) is 43.4 Å². The van der Waals surface area contributed by atoms with Gasteiger partial charge in [-0.2, -0.15) is 0 Å². The SMILES string of the molecule is Cc1ccc2c(n1)oc1n[c-]c(-c3nc4cc(C(C)C)ncc4n3Cc3ccccc3)cc12.[CH3][Ge]([CH3])([CH3])[c]1cnc(-c2[c-]cccc2)cc1-c1ccccc1.[Ir]. The molecule has 9 aromatic rings. The van der Waals surface area contributed by atoms with Gasteiger partial charge in [0.25, 0.3) is 0 Å². The molecule has 0 saturated heterocycles. The van der Waals surface area contributed by atoms with Crippen molar-refractivity contribution in [3.05, 3.63) is 157 Å². The molecule has 0 fully saturated rings. The van der Waals surface area contributed by atoms with Crippen LogP contribution in [0.2, 0.25) is 17.3 Å². The summed E-state index contributed by atoms with van der Waals surface area (Å²) in [5.41, 5.74) is 11.6. The number of aryl methyl sites for hydroxylation is 1. The molecule has 7 nitrogen and oxygen atoms in total. The number of benzene rings is 3. The van der Waals surface area contributed by atoms with Gasteiger partial charge in [-0.3, -0.25) is 9.97 Å². The number of rotatable bonds is 7. The van der Waals surface area contributed by atoms with Crippen molar-refractivity contribution >= 4 is 50.9 Å². The molecule has 0 atom stereocenters. The quantitative estimate of drug-likeness (QED) is 0.117. The summed E-state index contributed by atoms with van der Waals surface area (Å²) in [6.45, 7) is 6.90. The predicted molar refractivity (Wildman–Crippen MR) is 226 cm³/mol. The largest absolute Gasteiger partial charge is 0 e. The third-order valence-corrected chi connectivity index (χ3v) is 14.0. The molecule has 6 heterocycles. The van der Waals surface area contributed by atoms with Gasteiger partial charge in [0.1, 0.15) is 5.71 Å². The first-order valence-electron chi connectivity index (χ1n) is 18.6. The maximum atomic E-state index is 5.86. The predicted octanol–water partition coefficient (Wildman–Crippen LogP) is 10.8. The van der Waals surface area contributed by atoms with Gasteiger partial charge >= 0.3 is 135 Å². The summed E-state index contributed by atoms with van der Waals surface area (Å²) in [7, 11) is 0. The Morgan fingerprint density at radius 1 is 0.750 bits per heavy atom. The maximum absolute atomic E-state index is 5.86. The van der Waals surface area contributed by atoms with Crippen molar-refractivity contribution in [2.24, 2.45) is 0 Å². The van der Waals surface area contributed by atoms with Crippen LogP contribution >= 0.6 is 0 Å². The average Bonchev–Trinajstić information content (AvgIpc) is 3.75. The van der Waals surface area contributed by atoms with Gasteiger partial charge in [-0.25, -0.2) is 4.98 Å². The molecule has 3 aromatic carbocycles. The van der Waals surface area contributed by atoms with Crippen LogP contribution in [-0.4, -0.2) is 42.8 Å². The zero-order valence-corrected chi connectivity index (χ0v) is 36.8. The van der Waals surface area contributed by atoms with Crippen LogP contribution in [0.3, 0.4) is 0 Å². The van der Waals surface area contributed by atoms with Crippen molar-refractivity contribution in [1.29, 1.82) is 0 Å². The molecule has 9 rings (SSSR count). The Morgan fingerprint density at radius 3 is 2.21 bits per heavy atom. The van der Waals surface area contributed by atoms with Crippen LogP contribution < -0.4 is 4.40 Å². The summed E-state index contributed by atoms with van der Waals surface area (Å²) in [5.74, 6) is 8.38. The number of hydrogen-bond acceptors (Lipinski definition) is 6. The fourth-order valence-corrected chi connectivity index (χ4v) is 9.90. The summed E-state index contributed by atoms with van der Waals surface area (Å²) in [6.07, 6.45) is 7.17. The molecule has 0 aliphatic rings. The molecule has 9 heteroatoms. The molecular weight excluding hydrogens is 929 g/mol. The molecule has 0 spiro atoms. The number of fused-ring (bicyclic) bond motifs is 4. The summed E-state index contributed by atoms with van der Waals surface area (Å²) < 4.78 is 9.50. The second-order valence-corrected chi connectivity index (χ2v) is 25.7. The van der Waals surface area contributed by atoms with E-state index < -0.39 is 13.3 Å². The molecule has 0 aliphatic carbocycles. The molecule has 1 radical (unpaired) electrons. The van der Waals surface area contributed by atoms with E-state index in [1.807, 2.05) is 55.6 Å². The number of aromatic nitrogens is 6. The molecule has 0 bridgehead atoms. The first kappa shape index (κ1) is 39.0. The second-order valence-electron chi connectivity index (χ2n) is 15.2. The maximum Gasteiger partial charge on any atom is 0 e. The van der Waals surface area contributed by atoms with Crippen LogP contribution in [-0.2, 0) is 26.7 Å². The average molecular weight is 972 g/mol. The standard InChI is InChI=1S/C27H22N5O.C20H20GeN.Ir/c1-16(2)22-12-23-24(14-28-22)32(15-18-7-5-4-6-8-18)25(31-23)19-11-21-20-10-9-17(3)30-27(20)33-26(21)29-13-19;1-21(2,3)19-15-22-20(17-12-8-5-9-13-17)14-18(19)16-10-6-4-7-11-16;/h4-12,14,16H,15H2,1-3H3;4-12,14-15H,1-3H3;/q2*-1;. The zero-order valence-electron chi connectivity index (χ0n) is 32.3. The fraction of sp³-hybridized carbons (Fsp3) is 0.170. The molecule has 281 valence electrons. The minimum atomic E-state index is -1.99. The van der Waals surface area contributed by atoms with E-state index in [4.69, 9.17) is 19.4 Å². The van der Waals surface area contributed by atoms with Gasteiger partial charge in [-0.05, 0) is 48.2 Å². The van der Waals surface area contributed by atoms with E-state index in [1.165, 1.54) is 21.1 Å². The van der Waals surface area contributed by atoms with Crippen molar-refractivity contribution in [2.45, 2.75) is 50.5 Å². The van der Waals surface area contributed by atoms with E-state index >= 15 is 0 Å². The van der Waals surface area contributed by atoms with Crippen molar-refractivity contribution in [3.63, 3.8) is 0 Å². The van der Waals surface area contributed by atoms with E-state index in [0.717, 1.165) is 55.8 Å². The normalized spacial score (nSPS) is 11.5. The number of imidazole rings is 1. The smallest absolute Gasteiger partial charge is 0 e. The number of hydrogen-bond donors (Lipinski definition) is 0. The summed E-state index contributed by atoms with van der Waals surface area (Å²) in [5, 5.41) is 1.85.